The molecule has 0 aromatic heterocycles. The van der Waals surface area contributed by atoms with Crippen molar-refractivity contribution in [1.29, 1.82) is 0 Å². The first-order valence-corrected chi connectivity index (χ1v) is 8.64. The van der Waals surface area contributed by atoms with Crippen molar-refractivity contribution < 1.29 is 19.4 Å². The van der Waals surface area contributed by atoms with Gasteiger partial charge in [0.1, 0.15) is 0 Å². The van der Waals surface area contributed by atoms with Crippen LogP contribution in [0.4, 0.5) is 5.69 Å². The molecule has 26 heavy (non-hydrogen) atoms. The molecule has 0 radical (unpaired) electrons. The van der Waals surface area contributed by atoms with Crippen molar-refractivity contribution in [3.63, 3.8) is 0 Å². The Morgan fingerprint density at radius 2 is 1.69 bits per heavy atom. The van der Waals surface area contributed by atoms with Gasteiger partial charge in [0.05, 0.1) is 31.2 Å². The van der Waals surface area contributed by atoms with Crippen molar-refractivity contribution in [2.24, 2.45) is 0 Å². The highest BCUT2D eigenvalue weighted by Crippen LogP contribution is 2.23. The van der Waals surface area contributed by atoms with E-state index in [4.69, 9.17) is 4.74 Å². The molecular weight excluding hydrogens is 332 g/mol. The molecule has 2 N–H and O–H groups in total. The lowest BCUT2D eigenvalue weighted by Crippen LogP contribution is -2.38. The van der Waals surface area contributed by atoms with E-state index in [1.165, 1.54) is 0 Å². The van der Waals surface area contributed by atoms with Crippen LogP contribution in [0.2, 0.25) is 0 Å². The van der Waals surface area contributed by atoms with E-state index in [9.17, 15) is 14.7 Å². The molecule has 2 aromatic carbocycles. The third-order valence-corrected chi connectivity index (χ3v) is 4.39. The van der Waals surface area contributed by atoms with Crippen molar-refractivity contribution in [3.05, 3.63) is 65.7 Å². The molecule has 6 nitrogen and oxygen atoms in total. The van der Waals surface area contributed by atoms with Gasteiger partial charge in [0.15, 0.2) is 0 Å². The fourth-order valence-corrected chi connectivity index (χ4v) is 3.09. The Kier molecular flexibility index (Phi) is 5.86. The molecule has 0 aliphatic carbocycles. The number of anilines is 1. The molecular formula is C20H22N2O4. The summed E-state index contributed by atoms with van der Waals surface area (Å²) in [7, 11) is 0. The molecule has 136 valence electrons. The number of hydrogen-bond donors (Lipinski definition) is 2. The van der Waals surface area contributed by atoms with Crippen LogP contribution < -0.4 is 10.2 Å². The van der Waals surface area contributed by atoms with Crippen molar-refractivity contribution in [2.45, 2.75) is 12.5 Å². The van der Waals surface area contributed by atoms with Crippen molar-refractivity contribution in [3.8, 4) is 0 Å². The molecule has 1 atom stereocenters. The summed E-state index contributed by atoms with van der Waals surface area (Å²) in [5, 5.41) is 12.1. The number of nitrogens with zero attached hydrogens (tertiary/aromatic N) is 1. The number of carbonyl (C=O) groups excluding carboxylic acids is 1. The molecule has 1 saturated heterocycles. The van der Waals surface area contributed by atoms with Gasteiger partial charge in [0.2, 0.25) is 0 Å². The van der Waals surface area contributed by atoms with Gasteiger partial charge in [-0.2, -0.15) is 0 Å². The van der Waals surface area contributed by atoms with Crippen LogP contribution in [0.5, 0.6) is 0 Å². The average molecular weight is 354 g/mol. The standard InChI is InChI=1S/C20H22N2O4/c23-19(24)14-17(15-6-2-1-3-7-15)21-20(25)16-8-4-5-9-18(16)22-10-12-26-13-11-22/h1-9,17H,10-14H2,(H,21,25)(H,23,24)/t17-/m1/s1. The first-order valence-electron chi connectivity index (χ1n) is 8.64. The zero-order chi connectivity index (χ0) is 18.4. The van der Waals surface area contributed by atoms with Crippen LogP contribution >= 0.6 is 0 Å². The minimum atomic E-state index is -0.958. The Bertz CT molecular complexity index is 757. The summed E-state index contributed by atoms with van der Waals surface area (Å²) in [4.78, 5) is 26.3. The van der Waals surface area contributed by atoms with Gasteiger partial charge in [-0.3, -0.25) is 9.59 Å². The predicted octanol–water partition coefficient (Wildman–Crippen LogP) is 2.47. The second-order valence-electron chi connectivity index (χ2n) is 6.15. The number of ether oxygens (including phenoxy) is 1. The van der Waals surface area contributed by atoms with Gasteiger partial charge < -0.3 is 20.1 Å². The lowest BCUT2D eigenvalue weighted by Gasteiger charge is -2.30. The first-order chi connectivity index (χ1) is 12.6. The van der Waals surface area contributed by atoms with Crippen LogP contribution in [0.3, 0.4) is 0 Å². The molecule has 1 heterocycles. The summed E-state index contributed by atoms with van der Waals surface area (Å²) >= 11 is 0. The fourth-order valence-electron chi connectivity index (χ4n) is 3.09. The minimum absolute atomic E-state index is 0.171. The van der Waals surface area contributed by atoms with Crippen molar-refractivity contribution >= 4 is 17.6 Å². The predicted molar refractivity (Wildman–Crippen MR) is 98.4 cm³/mol. The van der Waals surface area contributed by atoms with Gasteiger partial charge in [0.25, 0.3) is 5.91 Å². The average Bonchev–Trinajstić information content (AvgIpc) is 2.68. The SMILES string of the molecule is O=C(O)C[C@@H](NC(=O)c1ccccc1N1CCOCC1)c1ccccc1. The van der Waals surface area contributed by atoms with Crippen LogP contribution in [0.15, 0.2) is 54.6 Å². The van der Waals surface area contributed by atoms with Crippen LogP contribution in [0.1, 0.15) is 28.4 Å². The number of carboxylic acids is 1. The summed E-state index contributed by atoms with van der Waals surface area (Å²) in [5.41, 5.74) is 2.16. The maximum atomic E-state index is 12.9. The Morgan fingerprint density at radius 1 is 1.04 bits per heavy atom. The van der Waals surface area contributed by atoms with Gasteiger partial charge in [0, 0.05) is 18.8 Å². The van der Waals surface area contributed by atoms with Crippen LogP contribution in [-0.4, -0.2) is 43.3 Å². The second-order valence-corrected chi connectivity index (χ2v) is 6.15. The molecule has 1 aliphatic rings. The summed E-state index contributed by atoms with van der Waals surface area (Å²) in [6, 6.07) is 16.0. The molecule has 1 amide bonds. The van der Waals surface area contributed by atoms with E-state index in [1.54, 1.807) is 6.07 Å². The Morgan fingerprint density at radius 3 is 2.38 bits per heavy atom. The molecule has 0 spiro atoms. The molecule has 6 heteroatoms. The van der Waals surface area contributed by atoms with Gasteiger partial charge in [-0.25, -0.2) is 0 Å². The third kappa shape index (κ3) is 4.40. The molecule has 2 aromatic rings. The van der Waals surface area contributed by atoms with E-state index in [0.29, 0.717) is 18.8 Å². The maximum Gasteiger partial charge on any atom is 0.305 e. The van der Waals surface area contributed by atoms with Crippen LogP contribution in [0.25, 0.3) is 0 Å². The molecule has 0 bridgehead atoms. The summed E-state index contributed by atoms with van der Waals surface area (Å²) < 4.78 is 5.38. The number of hydrogen-bond acceptors (Lipinski definition) is 4. The number of morpholine rings is 1. The maximum absolute atomic E-state index is 12.9. The highest BCUT2D eigenvalue weighted by Gasteiger charge is 2.22. The zero-order valence-corrected chi connectivity index (χ0v) is 14.4. The largest absolute Gasteiger partial charge is 0.481 e. The second kappa shape index (κ2) is 8.49. The number of carboxylic acid groups (broad SMARTS) is 1. The number of benzene rings is 2. The number of para-hydroxylation sites is 1. The fraction of sp³-hybridized carbons (Fsp3) is 0.300. The number of nitrogens with one attached hydrogen (secondary N) is 1. The normalized spacial score (nSPS) is 15.3. The number of carbonyl (C=O) groups is 2. The van der Waals surface area contributed by atoms with Crippen LogP contribution in [-0.2, 0) is 9.53 Å². The third-order valence-electron chi connectivity index (χ3n) is 4.39. The monoisotopic (exact) mass is 354 g/mol. The van der Waals surface area contributed by atoms with Crippen LogP contribution in [0, 0.1) is 0 Å². The zero-order valence-electron chi connectivity index (χ0n) is 14.4. The summed E-state index contributed by atoms with van der Waals surface area (Å²) in [6.07, 6.45) is -0.171. The van der Waals surface area contributed by atoms with Gasteiger partial charge >= 0.3 is 5.97 Å². The molecule has 1 aliphatic heterocycles. The smallest absolute Gasteiger partial charge is 0.305 e. The number of amides is 1. The Hall–Kier alpha value is -2.86. The quantitative estimate of drug-likeness (QED) is 0.833. The highest BCUT2D eigenvalue weighted by atomic mass is 16.5. The van der Waals surface area contributed by atoms with Crippen molar-refractivity contribution in [2.75, 3.05) is 31.2 Å². The van der Waals surface area contributed by atoms with E-state index in [1.807, 2.05) is 48.5 Å². The first kappa shape index (κ1) is 17.9. The van der Waals surface area contributed by atoms with E-state index in [2.05, 4.69) is 10.2 Å². The van der Waals surface area contributed by atoms with E-state index < -0.39 is 12.0 Å². The Balaban J connectivity index is 1.82. The number of aliphatic carboxylic acids is 1. The molecule has 0 unspecified atom stereocenters. The summed E-state index contributed by atoms with van der Waals surface area (Å²) in [6.45, 7) is 2.70. The lowest BCUT2D eigenvalue weighted by molar-refractivity contribution is -0.137. The van der Waals surface area contributed by atoms with Gasteiger partial charge in [-0.05, 0) is 17.7 Å². The van der Waals surface area contributed by atoms with E-state index in [0.717, 1.165) is 24.3 Å². The van der Waals surface area contributed by atoms with Gasteiger partial charge in [-0.1, -0.05) is 42.5 Å². The topological polar surface area (TPSA) is 78.9 Å². The van der Waals surface area contributed by atoms with E-state index >= 15 is 0 Å². The lowest BCUT2D eigenvalue weighted by atomic mass is 10.0. The Labute approximate surface area is 152 Å². The van der Waals surface area contributed by atoms with Gasteiger partial charge in [-0.15, -0.1) is 0 Å². The minimum Gasteiger partial charge on any atom is -0.481 e. The van der Waals surface area contributed by atoms with Crippen molar-refractivity contribution in [1.82, 2.24) is 5.32 Å². The highest BCUT2D eigenvalue weighted by molar-refractivity contribution is 6.00. The molecule has 0 saturated carbocycles. The molecule has 1 fully saturated rings. The summed E-state index contributed by atoms with van der Waals surface area (Å²) in [5.74, 6) is -1.23. The molecule has 3 rings (SSSR count). The number of rotatable bonds is 6. The van der Waals surface area contributed by atoms with E-state index in [-0.39, 0.29) is 12.3 Å².